The maximum absolute atomic E-state index is 12.1. The zero-order valence-corrected chi connectivity index (χ0v) is 15.3. The van der Waals surface area contributed by atoms with E-state index >= 15 is 0 Å². The van der Waals surface area contributed by atoms with Crippen molar-refractivity contribution in [2.75, 3.05) is 25.6 Å². The van der Waals surface area contributed by atoms with Crippen LogP contribution in [0.5, 0.6) is 5.75 Å². The van der Waals surface area contributed by atoms with Crippen molar-refractivity contribution in [2.24, 2.45) is 0 Å². The Labute approximate surface area is 156 Å². The van der Waals surface area contributed by atoms with Gasteiger partial charge in [0.2, 0.25) is 0 Å². The first-order valence-electron chi connectivity index (χ1n) is 8.36. The minimum absolute atomic E-state index is 0.360. The van der Waals surface area contributed by atoms with Gasteiger partial charge in [-0.15, -0.1) is 11.3 Å². The zero-order valence-electron chi connectivity index (χ0n) is 14.5. The molecule has 134 valence electrons. The molecule has 0 atom stereocenters. The number of alkyl halides is 1. The number of rotatable bonds is 8. The normalized spacial score (nSPS) is 11.6. The highest BCUT2D eigenvalue weighted by atomic mass is 32.1. The fourth-order valence-corrected chi connectivity index (χ4v) is 3.19. The molecule has 1 N–H and O–H groups in total. The Kier molecular flexibility index (Phi) is 6.33. The zero-order chi connectivity index (χ0) is 18.2. The van der Waals surface area contributed by atoms with Crippen molar-refractivity contribution in [1.29, 1.82) is 0 Å². The molecule has 0 aliphatic rings. The van der Waals surface area contributed by atoms with Gasteiger partial charge < -0.3 is 10.1 Å². The fraction of sp³-hybridized carbons (Fsp3) is 0.200. The van der Waals surface area contributed by atoms with Crippen LogP contribution in [0.25, 0.3) is 22.4 Å². The van der Waals surface area contributed by atoms with Crippen LogP contribution in [-0.4, -0.2) is 30.3 Å². The molecule has 6 heteroatoms. The topological polar surface area (TPSA) is 47.0 Å². The van der Waals surface area contributed by atoms with Crippen LogP contribution in [0, 0.1) is 0 Å². The third kappa shape index (κ3) is 4.89. The summed E-state index contributed by atoms with van der Waals surface area (Å²) in [6.45, 7) is 0.0312. The molecule has 0 saturated heterocycles. The number of fused-ring (bicyclic) bond motifs is 1. The second-order valence-electron chi connectivity index (χ2n) is 5.52. The largest absolute Gasteiger partial charge is 0.493 e. The van der Waals surface area contributed by atoms with Gasteiger partial charge in [0.15, 0.2) is 0 Å². The van der Waals surface area contributed by atoms with E-state index in [4.69, 9.17) is 4.74 Å². The highest BCUT2D eigenvalue weighted by Crippen LogP contribution is 2.27. The van der Waals surface area contributed by atoms with Crippen LogP contribution in [0.2, 0.25) is 0 Å². The SMILES string of the molecule is CNc1ccc(/C=C/C=C/c2nc3ccc(OCCCF)cc3s2)cn1. The van der Waals surface area contributed by atoms with Crippen molar-refractivity contribution in [1.82, 2.24) is 9.97 Å². The number of anilines is 1. The molecule has 0 saturated carbocycles. The Bertz CT molecular complexity index is 903. The van der Waals surface area contributed by atoms with E-state index in [9.17, 15) is 4.39 Å². The van der Waals surface area contributed by atoms with Gasteiger partial charge >= 0.3 is 0 Å². The molecule has 1 aromatic carbocycles. The first-order valence-corrected chi connectivity index (χ1v) is 9.18. The van der Waals surface area contributed by atoms with E-state index in [1.165, 1.54) is 0 Å². The Hall–Kier alpha value is -2.73. The van der Waals surface area contributed by atoms with E-state index in [0.717, 1.165) is 32.4 Å². The predicted octanol–water partition coefficient (Wildman–Crippen LogP) is 5.20. The summed E-state index contributed by atoms with van der Waals surface area (Å²) in [5.74, 6) is 1.60. The van der Waals surface area contributed by atoms with E-state index < -0.39 is 0 Å². The van der Waals surface area contributed by atoms with Gasteiger partial charge in [-0.05, 0) is 42.0 Å². The van der Waals surface area contributed by atoms with Crippen LogP contribution in [0.4, 0.5) is 10.2 Å². The lowest BCUT2D eigenvalue weighted by atomic mass is 10.2. The summed E-state index contributed by atoms with van der Waals surface area (Å²) in [4.78, 5) is 8.85. The average molecular weight is 369 g/mol. The highest BCUT2D eigenvalue weighted by molar-refractivity contribution is 7.19. The fourth-order valence-electron chi connectivity index (χ4n) is 2.28. The second kappa shape index (κ2) is 9.10. The summed E-state index contributed by atoms with van der Waals surface area (Å²) < 4.78 is 18.7. The van der Waals surface area contributed by atoms with Crippen LogP contribution in [0.3, 0.4) is 0 Å². The molecule has 0 bridgehead atoms. The summed E-state index contributed by atoms with van der Waals surface area (Å²) in [7, 11) is 1.84. The van der Waals surface area contributed by atoms with Gasteiger partial charge in [-0.2, -0.15) is 0 Å². The highest BCUT2D eigenvalue weighted by Gasteiger charge is 2.03. The number of benzene rings is 1. The number of nitrogens with zero attached hydrogens (tertiary/aromatic N) is 2. The molecule has 2 aromatic heterocycles. The Morgan fingerprint density at radius 1 is 1.19 bits per heavy atom. The number of allylic oxidation sites excluding steroid dienone is 2. The third-order valence-corrected chi connectivity index (χ3v) is 4.59. The minimum atomic E-state index is -0.360. The van der Waals surface area contributed by atoms with Crippen molar-refractivity contribution < 1.29 is 9.13 Å². The summed E-state index contributed by atoms with van der Waals surface area (Å²) in [5.41, 5.74) is 1.97. The van der Waals surface area contributed by atoms with Gasteiger partial charge in [0.1, 0.15) is 16.6 Å². The van der Waals surface area contributed by atoms with E-state index in [1.54, 1.807) is 11.3 Å². The molecular formula is C20H20FN3OS. The number of hydrogen-bond acceptors (Lipinski definition) is 5. The van der Waals surface area contributed by atoms with Gasteiger partial charge in [-0.3, -0.25) is 4.39 Å². The van der Waals surface area contributed by atoms with Crippen molar-refractivity contribution in [2.45, 2.75) is 6.42 Å². The number of aromatic nitrogens is 2. The van der Waals surface area contributed by atoms with Crippen LogP contribution in [0.1, 0.15) is 17.0 Å². The van der Waals surface area contributed by atoms with Crippen LogP contribution >= 0.6 is 11.3 Å². The van der Waals surface area contributed by atoms with E-state index in [-0.39, 0.29) is 6.67 Å². The lowest BCUT2D eigenvalue weighted by Crippen LogP contribution is -1.97. The molecule has 0 fully saturated rings. The van der Waals surface area contributed by atoms with Crippen molar-refractivity contribution in [3.8, 4) is 5.75 Å². The maximum atomic E-state index is 12.1. The standard InChI is InChI=1S/C20H20FN3OS/c1-22-19-10-7-15(14-23-19)5-2-3-6-20-24-17-9-8-16(13-18(17)26-20)25-12-4-11-21/h2-3,5-10,13-14H,4,11-12H2,1H3,(H,22,23)/b5-2+,6-3+. The number of ether oxygens (including phenoxy) is 1. The second-order valence-corrected chi connectivity index (χ2v) is 6.58. The molecular weight excluding hydrogens is 349 g/mol. The Balaban J connectivity index is 1.64. The first kappa shape index (κ1) is 18.1. The lowest BCUT2D eigenvalue weighted by molar-refractivity contribution is 0.290. The quantitative estimate of drug-likeness (QED) is 0.438. The average Bonchev–Trinajstić information content (AvgIpc) is 3.08. The molecule has 2 heterocycles. The van der Waals surface area contributed by atoms with E-state index in [2.05, 4.69) is 15.3 Å². The van der Waals surface area contributed by atoms with Crippen molar-refractivity contribution in [3.63, 3.8) is 0 Å². The van der Waals surface area contributed by atoms with E-state index in [1.807, 2.05) is 67.9 Å². The maximum Gasteiger partial charge on any atom is 0.125 e. The number of nitrogens with one attached hydrogen (secondary N) is 1. The van der Waals surface area contributed by atoms with E-state index in [0.29, 0.717) is 13.0 Å². The van der Waals surface area contributed by atoms with Gasteiger partial charge in [-0.1, -0.05) is 18.2 Å². The molecule has 0 amide bonds. The van der Waals surface area contributed by atoms with Crippen LogP contribution in [-0.2, 0) is 0 Å². The number of pyridine rings is 1. The van der Waals surface area contributed by atoms with Gasteiger partial charge in [0.25, 0.3) is 0 Å². The Morgan fingerprint density at radius 3 is 2.85 bits per heavy atom. The predicted molar refractivity (Wildman–Crippen MR) is 108 cm³/mol. The van der Waals surface area contributed by atoms with Crippen LogP contribution in [0.15, 0.2) is 48.7 Å². The third-order valence-electron chi connectivity index (χ3n) is 3.60. The van der Waals surface area contributed by atoms with Crippen LogP contribution < -0.4 is 10.1 Å². The van der Waals surface area contributed by atoms with Gasteiger partial charge in [0, 0.05) is 19.7 Å². The summed E-state index contributed by atoms with van der Waals surface area (Å²) in [5, 5.41) is 3.92. The monoisotopic (exact) mass is 369 g/mol. The molecule has 3 aromatic rings. The molecule has 0 spiro atoms. The van der Waals surface area contributed by atoms with Crippen molar-refractivity contribution in [3.05, 3.63) is 59.3 Å². The van der Waals surface area contributed by atoms with Gasteiger partial charge in [-0.25, -0.2) is 9.97 Å². The summed E-state index contributed by atoms with van der Waals surface area (Å²) in [6, 6.07) is 9.69. The molecule has 3 rings (SSSR count). The smallest absolute Gasteiger partial charge is 0.125 e. The molecule has 0 aliphatic carbocycles. The molecule has 0 radical (unpaired) electrons. The summed E-state index contributed by atoms with van der Waals surface area (Å²) >= 11 is 1.60. The number of thiazole rings is 1. The van der Waals surface area contributed by atoms with Crippen molar-refractivity contribution >= 4 is 39.5 Å². The molecule has 0 unspecified atom stereocenters. The Morgan fingerprint density at radius 2 is 2.08 bits per heavy atom. The van der Waals surface area contributed by atoms with Gasteiger partial charge in [0.05, 0.1) is 23.5 Å². The lowest BCUT2D eigenvalue weighted by Gasteiger charge is -2.03. The first-order chi connectivity index (χ1) is 12.8. The number of halogens is 1. The molecule has 4 nitrogen and oxygen atoms in total. The minimum Gasteiger partial charge on any atom is -0.493 e. The molecule has 26 heavy (non-hydrogen) atoms. The molecule has 0 aliphatic heterocycles. The number of hydrogen-bond donors (Lipinski definition) is 1. The summed E-state index contributed by atoms with van der Waals surface area (Å²) in [6.07, 6.45) is 10.1.